The molecule has 175 valence electrons. The summed E-state index contributed by atoms with van der Waals surface area (Å²) in [5.74, 6) is -1.87. The van der Waals surface area contributed by atoms with Gasteiger partial charge in [0.25, 0.3) is 0 Å². The molecule has 14 heteroatoms. The summed E-state index contributed by atoms with van der Waals surface area (Å²) in [4.78, 5) is 11.8. The zero-order chi connectivity index (χ0) is 24.4. The van der Waals surface area contributed by atoms with E-state index in [0.29, 0.717) is 0 Å². The van der Waals surface area contributed by atoms with Crippen molar-refractivity contribution in [1.29, 1.82) is 0 Å². The van der Waals surface area contributed by atoms with Crippen LogP contribution in [0.1, 0.15) is 27.0 Å². The van der Waals surface area contributed by atoms with E-state index in [0.717, 1.165) is 24.3 Å². The fourth-order valence-corrected chi connectivity index (χ4v) is 3.92. The van der Waals surface area contributed by atoms with Crippen LogP contribution >= 0.6 is 0 Å². The normalized spacial score (nSPS) is 11.9. The van der Waals surface area contributed by atoms with Crippen LogP contribution in [0.5, 0.6) is 11.5 Å². The Kier molecular flexibility index (Phi) is 9.03. The van der Waals surface area contributed by atoms with Gasteiger partial charge in [0.15, 0.2) is 0 Å². The molecule has 0 spiro atoms. The van der Waals surface area contributed by atoms with Crippen molar-refractivity contribution in [2.24, 2.45) is 0 Å². The average molecular weight is 536 g/mol. The van der Waals surface area contributed by atoms with Crippen molar-refractivity contribution in [3.8, 4) is 11.5 Å². The van der Waals surface area contributed by atoms with E-state index in [1.807, 2.05) is 0 Å². The first-order chi connectivity index (χ1) is 15.3. The van der Waals surface area contributed by atoms with Crippen LogP contribution in [0.25, 0.3) is 0 Å². The minimum Gasteiger partial charge on any atom is -0.478 e. The third-order valence-corrected chi connectivity index (χ3v) is 5.30. The van der Waals surface area contributed by atoms with Crippen LogP contribution in [-0.2, 0) is 26.4 Å². The summed E-state index contributed by atoms with van der Waals surface area (Å²) in [7, 11) is -9.58. The van der Waals surface area contributed by atoms with Crippen LogP contribution in [-0.4, -0.2) is 93.5 Å². The summed E-state index contributed by atoms with van der Waals surface area (Å²) in [5, 5.41) is 21.4. The molecule has 11 nitrogen and oxygen atoms in total. The van der Waals surface area contributed by atoms with Crippen molar-refractivity contribution >= 4 is 78.2 Å². The Labute approximate surface area is 237 Å². The van der Waals surface area contributed by atoms with E-state index in [-0.39, 0.29) is 85.1 Å². The molecule has 3 aromatic rings. The van der Waals surface area contributed by atoms with Gasteiger partial charge in [-0.3, -0.25) is 9.11 Å². The van der Waals surface area contributed by atoms with Gasteiger partial charge in [0.1, 0.15) is 17.1 Å². The van der Waals surface area contributed by atoms with Gasteiger partial charge in [-0.1, -0.05) is 42.5 Å². The van der Waals surface area contributed by atoms with Crippen molar-refractivity contribution in [1.82, 2.24) is 0 Å². The molecule has 0 aliphatic rings. The zero-order valence-electron chi connectivity index (χ0n) is 17.4. The average Bonchev–Trinajstić information content (AvgIpc) is 2.72. The topological polar surface area (TPSA) is 185 Å². The first-order valence-electron chi connectivity index (χ1n) is 8.89. The predicted octanol–water partition coefficient (Wildman–Crippen LogP) is 1.65. The van der Waals surface area contributed by atoms with Crippen LogP contribution in [0.4, 0.5) is 0 Å². The molecule has 0 saturated heterocycles. The number of rotatable bonds is 8. The molecule has 0 aliphatic carbocycles. The second kappa shape index (κ2) is 10.8. The number of aromatic carboxylic acids is 1. The molecule has 3 rings (SSSR count). The maximum absolute atomic E-state index is 11.8. The minimum absolute atomic E-state index is 0. The summed E-state index contributed by atoms with van der Waals surface area (Å²) in [5.41, 5.74) is -2.24. The van der Waals surface area contributed by atoms with Gasteiger partial charge >= 0.3 is 26.8 Å². The first-order valence-corrected chi connectivity index (χ1v) is 11.6. The summed E-state index contributed by atoms with van der Waals surface area (Å²) in [6, 6.07) is 15.1. The zero-order valence-corrected chi connectivity index (χ0v) is 22.1. The van der Waals surface area contributed by atoms with Crippen LogP contribution < -0.4 is 8.37 Å². The maximum atomic E-state index is 11.8. The van der Waals surface area contributed by atoms with Gasteiger partial charge < -0.3 is 18.6 Å². The quantitative estimate of drug-likeness (QED) is 0.187. The summed E-state index contributed by atoms with van der Waals surface area (Å²) in [6.45, 7) is 0. The Balaban J connectivity index is 0.00000408. The molecular formula is C20H16KO11S2. The summed E-state index contributed by atoms with van der Waals surface area (Å²) < 4.78 is 70.1. The Bertz CT molecular complexity index is 1310. The van der Waals surface area contributed by atoms with Crippen LogP contribution in [0, 0.1) is 0 Å². The Morgan fingerprint density at radius 3 is 1.44 bits per heavy atom. The fraction of sp³-hybridized carbons (Fsp3) is 0.0500. The van der Waals surface area contributed by atoms with Gasteiger partial charge in [0.2, 0.25) is 0 Å². The second-order valence-electron chi connectivity index (χ2n) is 6.63. The third kappa shape index (κ3) is 6.85. The maximum Gasteiger partial charge on any atom is 0.446 e. The monoisotopic (exact) mass is 535 g/mol. The molecule has 0 atom stereocenters. The molecule has 3 aromatic carbocycles. The summed E-state index contributed by atoms with van der Waals surface area (Å²) >= 11 is 0. The van der Waals surface area contributed by atoms with E-state index in [2.05, 4.69) is 8.37 Å². The van der Waals surface area contributed by atoms with Gasteiger partial charge in [0.05, 0.1) is 5.56 Å². The standard InChI is InChI=1S/C20H16O11S2.K/c21-19(22)17-3-1-2-4-18(17)20(23,13-5-9-15(10-6-13)30-32(24,25)26)14-7-11-16(12-8-14)31-33(27,28)29;/h1-12,23H,(H,21,22)(H,24,25,26)(H,27,28,29);. The van der Waals surface area contributed by atoms with E-state index in [4.69, 9.17) is 9.11 Å². The molecule has 0 aromatic heterocycles. The van der Waals surface area contributed by atoms with Gasteiger partial charge in [-0.25, -0.2) is 4.79 Å². The number of carbonyl (C=O) groups is 1. The molecule has 0 fully saturated rings. The van der Waals surface area contributed by atoms with E-state index >= 15 is 0 Å². The SMILES string of the molecule is O=C(O)c1ccccc1C(O)(c1ccc(OS(=O)(=O)O)cc1)c1ccc(OS(=O)(=O)O)cc1.[K]. The molecule has 0 unspecified atom stereocenters. The van der Waals surface area contributed by atoms with Crippen molar-refractivity contribution in [3.63, 3.8) is 0 Å². The van der Waals surface area contributed by atoms with Crippen LogP contribution in [0.2, 0.25) is 0 Å². The molecule has 34 heavy (non-hydrogen) atoms. The van der Waals surface area contributed by atoms with Crippen LogP contribution in [0.15, 0.2) is 72.8 Å². The molecular weight excluding hydrogens is 519 g/mol. The van der Waals surface area contributed by atoms with Gasteiger partial charge in [0, 0.05) is 56.9 Å². The van der Waals surface area contributed by atoms with Crippen molar-refractivity contribution in [3.05, 3.63) is 95.1 Å². The Morgan fingerprint density at radius 2 is 1.09 bits per heavy atom. The molecule has 0 bridgehead atoms. The van der Waals surface area contributed by atoms with E-state index < -0.39 is 32.4 Å². The van der Waals surface area contributed by atoms with Gasteiger partial charge in [-0.2, -0.15) is 16.8 Å². The van der Waals surface area contributed by atoms with Gasteiger partial charge in [-0.15, -0.1) is 0 Å². The first kappa shape index (κ1) is 28.4. The Morgan fingerprint density at radius 1 is 0.706 bits per heavy atom. The number of carboxylic acids is 1. The van der Waals surface area contributed by atoms with Crippen molar-refractivity contribution in [2.75, 3.05) is 0 Å². The molecule has 0 heterocycles. The minimum atomic E-state index is -4.79. The largest absolute Gasteiger partial charge is 0.478 e. The number of aliphatic hydroxyl groups is 1. The second-order valence-corrected chi connectivity index (χ2v) is 8.68. The number of hydrogen-bond acceptors (Lipinski definition) is 8. The van der Waals surface area contributed by atoms with Crippen molar-refractivity contribution in [2.45, 2.75) is 5.60 Å². The van der Waals surface area contributed by atoms with Crippen molar-refractivity contribution < 1.29 is 49.3 Å². The Hall–Kier alpha value is -1.85. The molecule has 0 saturated carbocycles. The van der Waals surface area contributed by atoms with E-state index in [1.54, 1.807) is 0 Å². The third-order valence-electron chi connectivity index (χ3n) is 4.49. The smallest absolute Gasteiger partial charge is 0.446 e. The predicted molar refractivity (Wildman–Crippen MR) is 118 cm³/mol. The molecule has 0 amide bonds. The van der Waals surface area contributed by atoms with Gasteiger partial charge in [-0.05, 0) is 41.5 Å². The van der Waals surface area contributed by atoms with E-state index in [1.165, 1.54) is 48.5 Å². The van der Waals surface area contributed by atoms with E-state index in [9.17, 15) is 31.8 Å². The van der Waals surface area contributed by atoms with Crippen LogP contribution in [0.3, 0.4) is 0 Å². The molecule has 4 N–H and O–H groups in total. The number of hydrogen-bond donors (Lipinski definition) is 4. The number of benzene rings is 3. The molecule has 1 radical (unpaired) electrons. The fourth-order valence-electron chi connectivity index (χ4n) is 3.21. The summed E-state index contributed by atoms with van der Waals surface area (Å²) in [6.07, 6.45) is 0. The number of carboxylic acid groups (broad SMARTS) is 1. The molecule has 0 aliphatic heterocycles.